The number of nitrogens with zero attached hydrogens (tertiary/aromatic N) is 2. The first-order chi connectivity index (χ1) is 18.4. The maximum Gasteiger partial charge on any atom is 0.416 e. The van der Waals surface area contributed by atoms with Gasteiger partial charge in [-0.3, -0.25) is 4.55 Å². The molecule has 204 valence electrons. The molecule has 0 spiro atoms. The Morgan fingerprint density at radius 3 is 2.59 bits per heavy atom. The Balaban J connectivity index is 1.59. The summed E-state index contributed by atoms with van der Waals surface area (Å²) in [7, 11) is -4.18. The molecule has 2 aromatic carbocycles. The number of aromatic nitrogens is 1. The molecule has 1 aliphatic heterocycles. The lowest BCUT2D eigenvalue weighted by Crippen LogP contribution is -2.39. The van der Waals surface area contributed by atoms with Crippen molar-refractivity contribution in [3.63, 3.8) is 0 Å². The molecule has 0 radical (unpaired) electrons. The van der Waals surface area contributed by atoms with Crippen LogP contribution in [-0.2, 0) is 27.6 Å². The van der Waals surface area contributed by atoms with Crippen LogP contribution < -0.4 is 9.47 Å². The summed E-state index contributed by atoms with van der Waals surface area (Å²) in [5, 5.41) is 12.6. The van der Waals surface area contributed by atoms with E-state index in [0.29, 0.717) is 14.7 Å². The predicted octanol–water partition coefficient (Wildman–Crippen LogP) is 6.21. The van der Waals surface area contributed by atoms with E-state index in [0.717, 1.165) is 44.5 Å². The van der Waals surface area contributed by atoms with E-state index < -0.39 is 40.1 Å². The van der Waals surface area contributed by atoms with Crippen LogP contribution in [0.15, 0.2) is 63.8 Å². The number of carboxylic acids is 1. The SMILES string of the molecule is O=C(O)C[n+]1c(C=C2Sc3ccc(-c4cccs4)cc3N2CCCS(=O)(=O)O)sc2ccc(C(F)(F)F)cc21. The van der Waals surface area contributed by atoms with E-state index in [9.17, 15) is 36.0 Å². The highest BCUT2D eigenvalue weighted by molar-refractivity contribution is 8.03. The number of rotatable bonds is 8. The van der Waals surface area contributed by atoms with Gasteiger partial charge < -0.3 is 10.0 Å². The number of benzene rings is 2. The van der Waals surface area contributed by atoms with Crippen molar-refractivity contribution in [1.29, 1.82) is 0 Å². The molecule has 0 unspecified atom stereocenters. The number of anilines is 1. The molecule has 14 heteroatoms. The first kappa shape index (κ1) is 27.6. The van der Waals surface area contributed by atoms with Crippen LogP contribution in [0.25, 0.3) is 26.7 Å². The molecule has 2 N–H and O–H groups in total. The molecular formula is C25H20F3N2O5S4+. The van der Waals surface area contributed by atoms with Crippen LogP contribution in [0.1, 0.15) is 17.0 Å². The first-order valence-corrected chi connectivity index (χ1v) is 15.6. The number of hydrogen-bond acceptors (Lipinski definition) is 7. The number of thiazole rings is 1. The summed E-state index contributed by atoms with van der Waals surface area (Å²) in [6.45, 7) is -0.301. The monoisotopic (exact) mass is 613 g/mol. The van der Waals surface area contributed by atoms with Crippen molar-refractivity contribution >= 4 is 72.5 Å². The smallest absolute Gasteiger partial charge is 0.416 e. The van der Waals surface area contributed by atoms with Gasteiger partial charge in [-0.2, -0.15) is 26.2 Å². The fourth-order valence-electron chi connectivity index (χ4n) is 4.23. The van der Waals surface area contributed by atoms with E-state index in [4.69, 9.17) is 0 Å². The van der Waals surface area contributed by atoms with Crippen molar-refractivity contribution in [1.82, 2.24) is 0 Å². The van der Waals surface area contributed by atoms with Gasteiger partial charge in [0.2, 0.25) is 12.1 Å². The second kappa shape index (κ2) is 10.6. The van der Waals surface area contributed by atoms with Gasteiger partial charge in [-0.25, -0.2) is 4.79 Å². The molecule has 0 atom stereocenters. The molecule has 2 aromatic heterocycles. The Bertz CT molecular complexity index is 1700. The van der Waals surface area contributed by atoms with Gasteiger partial charge >= 0.3 is 12.1 Å². The highest BCUT2D eigenvalue weighted by Crippen LogP contribution is 2.48. The minimum absolute atomic E-state index is 0.121. The molecule has 4 aromatic rings. The van der Waals surface area contributed by atoms with Crippen molar-refractivity contribution in [2.45, 2.75) is 24.0 Å². The molecule has 1 aliphatic rings. The summed E-state index contributed by atoms with van der Waals surface area (Å²) in [5.41, 5.74) is 1.06. The summed E-state index contributed by atoms with van der Waals surface area (Å²) >= 11 is 4.13. The second-order valence-electron chi connectivity index (χ2n) is 8.64. The van der Waals surface area contributed by atoms with E-state index in [-0.39, 0.29) is 18.5 Å². The molecule has 39 heavy (non-hydrogen) atoms. The number of thiophene rings is 1. The lowest BCUT2D eigenvalue weighted by molar-refractivity contribution is -0.657. The van der Waals surface area contributed by atoms with E-state index in [1.165, 1.54) is 22.4 Å². The Kier molecular flexibility index (Phi) is 7.50. The molecule has 0 saturated carbocycles. The van der Waals surface area contributed by atoms with Gasteiger partial charge in [0.15, 0.2) is 0 Å². The average Bonchev–Trinajstić information content (AvgIpc) is 3.56. The van der Waals surface area contributed by atoms with Crippen molar-refractivity contribution in [2.75, 3.05) is 17.2 Å². The maximum atomic E-state index is 13.4. The summed E-state index contributed by atoms with van der Waals surface area (Å²) in [4.78, 5) is 15.5. The standard InChI is InChI=1S/C25H19F3N2O5S4/c26-25(27,28)16-5-7-21-18(12-16)30(14-24(31)32)23(38-21)13-22-29(8-2-10-39(33,34)35)17-11-15(4-6-20(17)37-22)19-3-1-9-36-19/h1,3-7,9,11-13H,2,8,10,14H2,(H-,31,32,33,34,35)/p+1. The number of carbonyl (C=O) groups is 1. The van der Waals surface area contributed by atoms with Gasteiger partial charge in [0.1, 0.15) is 4.70 Å². The highest BCUT2D eigenvalue weighted by Gasteiger charge is 2.34. The molecule has 0 aliphatic carbocycles. The zero-order valence-electron chi connectivity index (χ0n) is 19.9. The molecule has 0 saturated heterocycles. The Morgan fingerprint density at radius 2 is 1.92 bits per heavy atom. The maximum absolute atomic E-state index is 13.4. The molecule has 3 heterocycles. The number of fused-ring (bicyclic) bond motifs is 2. The zero-order valence-corrected chi connectivity index (χ0v) is 23.1. The van der Waals surface area contributed by atoms with E-state index in [2.05, 4.69) is 0 Å². The molecule has 0 fully saturated rings. The van der Waals surface area contributed by atoms with E-state index in [1.54, 1.807) is 17.4 Å². The molecular weight excluding hydrogens is 594 g/mol. The Morgan fingerprint density at radius 1 is 1.13 bits per heavy atom. The third-order valence-electron chi connectivity index (χ3n) is 5.92. The fraction of sp³-hybridized carbons (Fsp3) is 0.200. The summed E-state index contributed by atoms with van der Waals surface area (Å²) < 4.78 is 73.9. The minimum atomic E-state index is -4.58. The number of carboxylic acid groups (broad SMARTS) is 1. The number of thioether (sulfide) groups is 1. The largest absolute Gasteiger partial charge is 0.477 e. The fourth-order valence-corrected chi connectivity index (χ4v) is 7.71. The third kappa shape index (κ3) is 6.14. The number of aliphatic carboxylic acids is 1. The molecule has 0 bridgehead atoms. The topological polar surface area (TPSA) is 98.8 Å². The van der Waals surface area contributed by atoms with Crippen LogP contribution in [0, 0.1) is 0 Å². The van der Waals surface area contributed by atoms with E-state index >= 15 is 0 Å². The molecule has 0 amide bonds. The van der Waals surface area contributed by atoms with Crippen LogP contribution in [-0.4, -0.2) is 36.3 Å². The minimum Gasteiger partial charge on any atom is -0.477 e. The lowest BCUT2D eigenvalue weighted by Gasteiger charge is -2.20. The van der Waals surface area contributed by atoms with Crippen molar-refractivity contribution < 1.29 is 40.6 Å². The van der Waals surface area contributed by atoms with Crippen LogP contribution in [0.5, 0.6) is 0 Å². The van der Waals surface area contributed by atoms with Gasteiger partial charge in [-0.1, -0.05) is 35.2 Å². The predicted molar refractivity (Wildman–Crippen MR) is 147 cm³/mol. The van der Waals surface area contributed by atoms with Gasteiger partial charge in [-0.15, -0.1) is 11.3 Å². The molecule has 5 rings (SSSR count). The summed E-state index contributed by atoms with van der Waals surface area (Å²) in [6, 6.07) is 13.1. The lowest BCUT2D eigenvalue weighted by atomic mass is 10.1. The Labute approximate surface area is 233 Å². The third-order valence-corrected chi connectivity index (χ3v) is 9.87. The first-order valence-electron chi connectivity index (χ1n) is 11.4. The normalized spacial score (nSPS) is 14.9. The zero-order chi connectivity index (χ0) is 27.9. The number of alkyl halides is 3. The average molecular weight is 614 g/mol. The van der Waals surface area contributed by atoms with Crippen molar-refractivity contribution in [3.8, 4) is 10.4 Å². The van der Waals surface area contributed by atoms with Gasteiger partial charge in [0, 0.05) is 22.4 Å². The number of halogens is 3. The van der Waals surface area contributed by atoms with Crippen molar-refractivity contribution in [2.24, 2.45) is 0 Å². The quantitative estimate of drug-likeness (QED) is 0.180. The Hall–Kier alpha value is -2.91. The molecule has 7 nitrogen and oxygen atoms in total. The van der Waals surface area contributed by atoms with Crippen LogP contribution in [0.4, 0.5) is 18.9 Å². The highest BCUT2D eigenvalue weighted by atomic mass is 32.2. The summed E-state index contributed by atoms with van der Waals surface area (Å²) in [5.74, 6) is -1.64. The van der Waals surface area contributed by atoms with Crippen molar-refractivity contribution in [3.05, 3.63) is 69.5 Å². The van der Waals surface area contributed by atoms with Crippen LogP contribution >= 0.6 is 34.4 Å². The summed E-state index contributed by atoms with van der Waals surface area (Å²) in [6.07, 6.45) is -2.75. The number of hydrogen-bond donors (Lipinski definition) is 2. The van der Waals surface area contributed by atoms with E-state index in [1.807, 2.05) is 40.6 Å². The van der Waals surface area contributed by atoms with Crippen LogP contribution in [0.3, 0.4) is 0 Å². The van der Waals surface area contributed by atoms with Gasteiger partial charge in [-0.05, 0) is 47.7 Å². The van der Waals surface area contributed by atoms with Crippen LogP contribution in [0.2, 0.25) is 0 Å². The van der Waals surface area contributed by atoms with Gasteiger partial charge in [0.05, 0.1) is 28.1 Å². The van der Waals surface area contributed by atoms with Gasteiger partial charge in [0.25, 0.3) is 15.1 Å². The second-order valence-corrected chi connectivity index (χ2v) is 13.3.